The van der Waals surface area contributed by atoms with Gasteiger partial charge in [-0.2, -0.15) is 0 Å². The molecule has 2 N–H and O–H groups in total. The Morgan fingerprint density at radius 1 is 1.27 bits per heavy atom. The van der Waals surface area contributed by atoms with Crippen LogP contribution in [0.1, 0.15) is 12.0 Å². The summed E-state index contributed by atoms with van der Waals surface area (Å²) >= 11 is 11.3. The van der Waals surface area contributed by atoms with E-state index in [2.05, 4.69) is 0 Å². The maximum atomic E-state index is 11.1. The van der Waals surface area contributed by atoms with Crippen molar-refractivity contribution in [1.29, 1.82) is 0 Å². The standard InChI is InChI=1S/C11H13Cl2NO/c12-10(13)7-9(11(14)15)6-8-4-2-1-3-5-8/h1-5,9-10H,6-7H2,(H2,14,15). The van der Waals surface area contributed by atoms with Gasteiger partial charge in [0.15, 0.2) is 0 Å². The van der Waals surface area contributed by atoms with E-state index in [1.807, 2.05) is 30.3 Å². The van der Waals surface area contributed by atoms with Gasteiger partial charge in [-0.3, -0.25) is 4.79 Å². The average Bonchev–Trinajstić information content (AvgIpc) is 2.17. The molecule has 0 aliphatic carbocycles. The molecule has 0 aromatic heterocycles. The third kappa shape index (κ3) is 4.54. The van der Waals surface area contributed by atoms with Crippen LogP contribution >= 0.6 is 23.2 Å². The zero-order valence-electron chi connectivity index (χ0n) is 8.20. The Morgan fingerprint density at radius 2 is 1.87 bits per heavy atom. The summed E-state index contributed by atoms with van der Waals surface area (Å²) in [6.45, 7) is 0. The number of hydrogen-bond donors (Lipinski definition) is 1. The Bertz CT molecular complexity index is 314. The van der Waals surface area contributed by atoms with Crippen LogP contribution in [0.15, 0.2) is 30.3 Å². The van der Waals surface area contributed by atoms with E-state index in [4.69, 9.17) is 28.9 Å². The maximum absolute atomic E-state index is 11.1. The van der Waals surface area contributed by atoms with Crippen LogP contribution in [0.2, 0.25) is 0 Å². The summed E-state index contributed by atoms with van der Waals surface area (Å²) in [5.41, 5.74) is 6.34. The van der Waals surface area contributed by atoms with Crippen molar-refractivity contribution >= 4 is 29.1 Å². The summed E-state index contributed by atoms with van der Waals surface area (Å²) in [6, 6.07) is 9.67. The Morgan fingerprint density at radius 3 is 2.33 bits per heavy atom. The van der Waals surface area contributed by atoms with Crippen molar-refractivity contribution in [2.24, 2.45) is 11.7 Å². The molecule has 4 heteroatoms. The molecule has 1 aromatic rings. The number of carbonyl (C=O) groups excluding carboxylic acids is 1. The van der Waals surface area contributed by atoms with Crippen LogP contribution in [0.3, 0.4) is 0 Å². The molecule has 0 saturated carbocycles. The van der Waals surface area contributed by atoms with Gasteiger partial charge in [-0.15, -0.1) is 23.2 Å². The van der Waals surface area contributed by atoms with Crippen molar-refractivity contribution in [3.05, 3.63) is 35.9 Å². The van der Waals surface area contributed by atoms with Crippen molar-refractivity contribution in [2.45, 2.75) is 17.7 Å². The first-order valence-electron chi connectivity index (χ1n) is 4.71. The first kappa shape index (κ1) is 12.3. The number of rotatable bonds is 5. The third-order valence-electron chi connectivity index (χ3n) is 2.19. The average molecular weight is 246 g/mol. The lowest BCUT2D eigenvalue weighted by molar-refractivity contribution is -0.121. The minimum Gasteiger partial charge on any atom is -0.369 e. The highest BCUT2D eigenvalue weighted by molar-refractivity contribution is 6.44. The number of hydrogen-bond acceptors (Lipinski definition) is 1. The Balaban J connectivity index is 2.63. The van der Waals surface area contributed by atoms with E-state index >= 15 is 0 Å². The molecule has 2 nitrogen and oxygen atoms in total. The van der Waals surface area contributed by atoms with Gasteiger partial charge < -0.3 is 5.73 Å². The third-order valence-corrected chi connectivity index (χ3v) is 2.55. The fraction of sp³-hybridized carbons (Fsp3) is 0.364. The molecule has 1 amide bonds. The quantitative estimate of drug-likeness (QED) is 0.797. The molecule has 1 atom stereocenters. The van der Waals surface area contributed by atoms with Crippen molar-refractivity contribution in [3.63, 3.8) is 0 Å². The zero-order chi connectivity index (χ0) is 11.3. The van der Waals surface area contributed by atoms with Gasteiger partial charge in [0.05, 0.1) is 0 Å². The monoisotopic (exact) mass is 245 g/mol. The van der Waals surface area contributed by atoms with Gasteiger partial charge in [0.25, 0.3) is 0 Å². The van der Waals surface area contributed by atoms with Crippen molar-refractivity contribution in [3.8, 4) is 0 Å². The van der Waals surface area contributed by atoms with Gasteiger partial charge in [0.1, 0.15) is 4.84 Å². The molecule has 0 saturated heterocycles. The predicted octanol–water partition coefficient (Wildman–Crippen LogP) is 2.52. The minimum absolute atomic E-state index is 0.299. The fourth-order valence-corrected chi connectivity index (χ4v) is 1.84. The van der Waals surface area contributed by atoms with Crippen LogP contribution in [-0.2, 0) is 11.2 Å². The second-order valence-electron chi connectivity index (χ2n) is 3.42. The van der Waals surface area contributed by atoms with Crippen LogP contribution in [0, 0.1) is 5.92 Å². The second kappa shape index (κ2) is 5.99. The molecule has 0 heterocycles. The van der Waals surface area contributed by atoms with Gasteiger partial charge in [-0.25, -0.2) is 0 Å². The first-order chi connectivity index (χ1) is 7.09. The van der Waals surface area contributed by atoms with Gasteiger partial charge >= 0.3 is 0 Å². The second-order valence-corrected chi connectivity index (χ2v) is 4.69. The van der Waals surface area contributed by atoms with Crippen LogP contribution in [0.5, 0.6) is 0 Å². The fourth-order valence-electron chi connectivity index (χ4n) is 1.41. The van der Waals surface area contributed by atoms with Crippen LogP contribution in [0.25, 0.3) is 0 Å². The van der Waals surface area contributed by atoms with E-state index in [9.17, 15) is 4.79 Å². The van der Waals surface area contributed by atoms with Crippen LogP contribution < -0.4 is 5.73 Å². The molecule has 1 rings (SSSR count). The van der Waals surface area contributed by atoms with Gasteiger partial charge in [0.2, 0.25) is 5.91 Å². The first-order valence-corrected chi connectivity index (χ1v) is 5.58. The molecule has 0 bridgehead atoms. The molecule has 82 valence electrons. The van der Waals surface area contributed by atoms with E-state index in [0.717, 1.165) is 5.56 Å². The molecule has 1 unspecified atom stereocenters. The molecular weight excluding hydrogens is 233 g/mol. The number of nitrogens with two attached hydrogens (primary N) is 1. The van der Waals surface area contributed by atoms with Crippen LogP contribution in [-0.4, -0.2) is 10.7 Å². The molecule has 0 radical (unpaired) electrons. The highest BCUT2D eigenvalue weighted by Crippen LogP contribution is 2.19. The Labute approximate surface area is 99.4 Å². The smallest absolute Gasteiger partial charge is 0.220 e. The van der Waals surface area contributed by atoms with Gasteiger partial charge in [0, 0.05) is 5.92 Å². The number of primary amides is 1. The molecule has 0 aliphatic rings. The van der Waals surface area contributed by atoms with Crippen molar-refractivity contribution < 1.29 is 4.79 Å². The summed E-state index contributed by atoms with van der Waals surface area (Å²) in [5.74, 6) is -0.655. The molecule has 0 fully saturated rings. The molecule has 1 aromatic carbocycles. The lowest BCUT2D eigenvalue weighted by atomic mass is 9.96. The van der Waals surface area contributed by atoms with E-state index in [1.54, 1.807) is 0 Å². The number of benzene rings is 1. The SMILES string of the molecule is NC(=O)C(Cc1ccccc1)CC(Cl)Cl. The summed E-state index contributed by atoms with van der Waals surface area (Å²) in [6.07, 6.45) is 0.986. The summed E-state index contributed by atoms with van der Waals surface area (Å²) < 4.78 is 0. The summed E-state index contributed by atoms with van der Waals surface area (Å²) in [4.78, 5) is 10.6. The van der Waals surface area contributed by atoms with E-state index < -0.39 is 4.84 Å². The summed E-state index contributed by atoms with van der Waals surface area (Å²) in [5, 5.41) is 0. The molecule has 0 aliphatic heterocycles. The molecule has 15 heavy (non-hydrogen) atoms. The lowest BCUT2D eigenvalue weighted by Crippen LogP contribution is -2.26. The largest absolute Gasteiger partial charge is 0.369 e. The topological polar surface area (TPSA) is 43.1 Å². The highest BCUT2D eigenvalue weighted by atomic mass is 35.5. The number of amides is 1. The highest BCUT2D eigenvalue weighted by Gasteiger charge is 2.18. The minimum atomic E-state index is -0.550. The maximum Gasteiger partial charge on any atom is 0.220 e. The van der Waals surface area contributed by atoms with Crippen LogP contribution in [0.4, 0.5) is 0 Å². The number of alkyl halides is 2. The number of carbonyl (C=O) groups is 1. The number of halogens is 2. The van der Waals surface area contributed by atoms with E-state index in [0.29, 0.717) is 12.8 Å². The lowest BCUT2D eigenvalue weighted by Gasteiger charge is -2.13. The predicted molar refractivity (Wildman–Crippen MR) is 62.9 cm³/mol. The van der Waals surface area contributed by atoms with E-state index in [1.165, 1.54) is 0 Å². The van der Waals surface area contributed by atoms with Gasteiger partial charge in [-0.1, -0.05) is 30.3 Å². The van der Waals surface area contributed by atoms with Crippen molar-refractivity contribution in [1.82, 2.24) is 0 Å². The van der Waals surface area contributed by atoms with Crippen molar-refractivity contribution in [2.75, 3.05) is 0 Å². The Kier molecular flexibility index (Phi) is 4.92. The molecule has 0 spiro atoms. The normalized spacial score (nSPS) is 12.7. The van der Waals surface area contributed by atoms with E-state index in [-0.39, 0.29) is 11.8 Å². The summed E-state index contributed by atoms with van der Waals surface area (Å²) in [7, 11) is 0. The molecular formula is C11H13Cl2NO. The Hall–Kier alpha value is -0.730. The van der Waals surface area contributed by atoms with Gasteiger partial charge in [-0.05, 0) is 18.4 Å². The zero-order valence-corrected chi connectivity index (χ0v) is 9.71.